The lowest BCUT2D eigenvalue weighted by Gasteiger charge is -2.11. The van der Waals surface area contributed by atoms with Crippen LogP contribution < -0.4 is 0 Å². The Balaban J connectivity index is 2.88. The molecule has 11 heavy (non-hydrogen) atoms. The molecule has 1 aliphatic carbocycles. The van der Waals surface area contributed by atoms with Crippen LogP contribution in [0.2, 0.25) is 0 Å². The summed E-state index contributed by atoms with van der Waals surface area (Å²) >= 11 is 5.69. The summed E-state index contributed by atoms with van der Waals surface area (Å²) in [5.41, 5.74) is 0.377. The number of hydrogen-bond acceptors (Lipinski definition) is 2. The lowest BCUT2D eigenvalue weighted by molar-refractivity contribution is -0.113. The van der Waals surface area contributed by atoms with E-state index in [4.69, 9.17) is 11.6 Å². The summed E-state index contributed by atoms with van der Waals surface area (Å²) in [6.45, 7) is 1.42. The van der Waals surface area contributed by atoms with Crippen LogP contribution in [0.3, 0.4) is 0 Å². The van der Waals surface area contributed by atoms with Crippen molar-refractivity contribution in [2.75, 3.05) is 0 Å². The van der Waals surface area contributed by atoms with Crippen molar-refractivity contribution >= 4 is 17.4 Å². The number of hydrogen-bond donors (Lipinski definition) is 1. The topological polar surface area (TPSA) is 37.3 Å². The number of carbonyl (C=O) groups is 1. The van der Waals surface area contributed by atoms with Crippen LogP contribution in [0.4, 0.5) is 0 Å². The number of rotatable bonds is 1. The highest BCUT2D eigenvalue weighted by molar-refractivity contribution is 6.22. The first kappa shape index (κ1) is 8.34. The number of allylic oxidation sites excluding steroid dienone is 4. The average molecular weight is 173 g/mol. The molecule has 0 spiro atoms. The Labute approximate surface area is 70.2 Å². The molecule has 1 unspecified atom stereocenters. The number of halogens is 1. The van der Waals surface area contributed by atoms with Crippen LogP contribution in [0.1, 0.15) is 13.3 Å². The Bertz CT molecular complexity index is 240. The number of aliphatic hydroxyl groups is 1. The van der Waals surface area contributed by atoms with Gasteiger partial charge in [0.25, 0.3) is 0 Å². The first-order chi connectivity index (χ1) is 5.11. The molecule has 1 atom stereocenters. The zero-order chi connectivity index (χ0) is 8.43. The van der Waals surface area contributed by atoms with Crippen LogP contribution in [0.15, 0.2) is 23.5 Å². The van der Waals surface area contributed by atoms with Crippen molar-refractivity contribution in [3.05, 3.63) is 23.5 Å². The molecule has 1 rings (SSSR count). The number of alkyl halides is 1. The molecule has 1 aliphatic rings. The minimum absolute atomic E-state index is 0.0972. The van der Waals surface area contributed by atoms with Gasteiger partial charge < -0.3 is 5.11 Å². The van der Waals surface area contributed by atoms with Gasteiger partial charge >= 0.3 is 0 Å². The highest BCUT2D eigenvalue weighted by Crippen LogP contribution is 2.20. The van der Waals surface area contributed by atoms with Gasteiger partial charge in [-0.05, 0) is 6.92 Å². The minimum atomic E-state index is -0.182. The molecule has 2 nitrogen and oxygen atoms in total. The molecule has 3 heteroatoms. The Morgan fingerprint density at radius 3 is 2.91 bits per heavy atom. The van der Waals surface area contributed by atoms with E-state index >= 15 is 0 Å². The van der Waals surface area contributed by atoms with Crippen molar-refractivity contribution in [1.82, 2.24) is 0 Å². The molecule has 0 amide bonds. The third-order valence-corrected chi connectivity index (χ3v) is 1.85. The molecule has 0 aromatic heterocycles. The van der Waals surface area contributed by atoms with Crippen LogP contribution in [0.25, 0.3) is 0 Å². The maximum absolute atomic E-state index is 10.8. The fourth-order valence-corrected chi connectivity index (χ4v) is 1.20. The average Bonchev–Trinajstić information content (AvgIpc) is 1.85. The quantitative estimate of drug-likeness (QED) is 0.614. The second-order valence-corrected chi connectivity index (χ2v) is 3.06. The molecule has 1 N–H and O–H groups in total. The van der Waals surface area contributed by atoms with Gasteiger partial charge in [0.15, 0.2) is 5.78 Å². The van der Waals surface area contributed by atoms with Crippen molar-refractivity contribution in [3.63, 3.8) is 0 Å². The van der Waals surface area contributed by atoms with Gasteiger partial charge in [-0.15, -0.1) is 11.6 Å². The van der Waals surface area contributed by atoms with E-state index in [1.165, 1.54) is 6.92 Å². The maximum Gasteiger partial charge on any atom is 0.163 e. The van der Waals surface area contributed by atoms with Crippen LogP contribution in [0, 0.1) is 0 Å². The van der Waals surface area contributed by atoms with Gasteiger partial charge in [0.1, 0.15) is 5.76 Å². The van der Waals surface area contributed by atoms with Crippen molar-refractivity contribution in [2.24, 2.45) is 0 Å². The highest BCUT2D eigenvalue weighted by atomic mass is 35.5. The highest BCUT2D eigenvalue weighted by Gasteiger charge is 2.15. The van der Waals surface area contributed by atoms with E-state index in [9.17, 15) is 9.90 Å². The second-order valence-electron chi connectivity index (χ2n) is 2.50. The number of ketones is 1. The second kappa shape index (κ2) is 3.09. The normalized spacial score (nSPS) is 24.0. The lowest BCUT2D eigenvalue weighted by Crippen LogP contribution is -2.08. The van der Waals surface area contributed by atoms with E-state index in [0.29, 0.717) is 12.0 Å². The van der Waals surface area contributed by atoms with Gasteiger partial charge in [-0.3, -0.25) is 4.79 Å². The molecule has 0 fully saturated rings. The van der Waals surface area contributed by atoms with Crippen molar-refractivity contribution in [3.8, 4) is 0 Å². The Morgan fingerprint density at radius 1 is 1.82 bits per heavy atom. The maximum atomic E-state index is 10.8. The Morgan fingerprint density at radius 2 is 2.45 bits per heavy atom. The molecule has 60 valence electrons. The summed E-state index contributed by atoms with van der Waals surface area (Å²) < 4.78 is 0. The summed E-state index contributed by atoms with van der Waals surface area (Å²) in [4.78, 5) is 10.8. The van der Waals surface area contributed by atoms with Crippen molar-refractivity contribution < 1.29 is 9.90 Å². The van der Waals surface area contributed by atoms with Gasteiger partial charge in [0.2, 0.25) is 0 Å². The standard InChI is InChI=1S/C8H9ClO2/c1-5(10)7-3-2-6(9)4-8(7)11/h2-3,6,11H,4H2,1H3. The fourth-order valence-electron chi connectivity index (χ4n) is 0.980. The third-order valence-electron chi connectivity index (χ3n) is 1.55. The molecule has 0 aromatic rings. The van der Waals surface area contributed by atoms with Crippen LogP contribution >= 0.6 is 11.6 Å². The van der Waals surface area contributed by atoms with Gasteiger partial charge in [-0.25, -0.2) is 0 Å². The predicted molar refractivity (Wildman–Crippen MR) is 43.7 cm³/mol. The van der Waals surface area contributed by atoms with Crippen molar-refractivity contribution in [2.45, 2.75) is 18.7 Å². The van der Waals surface area contributed by atoms with E-state index in [2.05, 4.69) is 0 Å². The largest absolute Gasteiger partial charge is 0.511 e. The monoisotopic (exact) mass is 172 g/mol. The van der Waals surface area contributed by atoms with E-state index in [-0.39, 0.29) is 16.9 Å². The smallest absolute Gasteiger partial charge is 0.163 e. The molecule has 0 saturated heterocycles. The molecular formula is C8H9ClO2. The fraction of sp³-hybridized carbons (Fsp3) is 0.375. The first-order valence-electron chi connectivity index (χ1n) is 3.36. The SMILES string of the molecule is CC(=O)C1=C(O)CC(Cl)C=C1. The third kappa shape index (κ3) is 1.84. The van der Waals surface area contributed by atoms with Gasteiger partial charge in [0.05, 0.1) is 11.0 Å². The molecule has 0 aromatic carbocycles. The summed E-state index contributed by atoms with van der Waals surface area (Å²) in [6, 6.07) is 0. The summed E-state index contributed by atoms with van der Waals surface area (Å²) in [5, 5.41) is 9.05. The molecule has 0 aliphatic heterocycles. The molecule has 0 bridgehead atoms. The van der Waals surface area contributed by atoms with Crippen LogP contribution in [-0.2, 0) is 4.79 Å². The summed E-state index contributed by atoms with van der Waals surface area (Å²) in [6.07, 6.45) is 3.63. The molecular weight excluding hydrogens is 164 g/mol. The minimum Gasteiger partial charge on any atom is -0.511 e. The van der Waals surface area contributed by atoms with Gasteiger partial charge in [-0.2, -0.15) is 0 Å². The first-order valence-corrected chi connectivity index (χ1v) is 3.80. The molecule has 0 radical (unpaired) electrons. The van der Waals surface area contributed by atoms with Crippen LogP contribution in [0.5, 0.6) is 0 Å². The summed E-state index contributed by atoms with van der Waals surface area (Å²) in [5.74, 6) is -0.0256. The molecule has 0 saturated carbocycles. The lowest BCUT2D eigenvalue weighted by atomic mass is 10.0. The van der Waals surface area contributed by atoms with E-state index < -0.39 is 0 Å². The van der Waals surface area contributed by atoms with E-state index in [0.717, 1.165) is 0 Å². The summed E-state index contributed by atoms with van der Waals surface area (Å²) in [7, 11) is 0. The Hall–Kier alpha value is -0.760. The number of Topliss-reactive ketones (excluding diaryl/α,β-unsaturated/α-hetero) is 1. The zero-order valence-electron chi connectivity index (χ0n) is 6.17. The Kier molecular flexibility index (Phi) is 2.35. The van der Waals surface area contributed by atoms with Crippen LogP contribution in [-0.4, -0.2) is 16.3 Å². The number of carbonyl (C=O) groups excluding carboxylic acids is 1. The van der Waals surface area contributed by atoms with E-state index in [1.54, 1.807) is 12.2 Å². The van der Waals surface area contributed by atoms with Crippen molar-refractivity contribution in [1.29, 1.82) is 0 Å². The zero-order valence-corrected chi connectivity index (χ0v) is 6.93. The molecule has 0 heterocycles. The van der Waals surface area contributed by atoms with Gasteiger partial charge in [-0.1, -0.05) is 12.2 Å². The van der Waals surface area contributed by atoms with Gasteiger partial charge in [0, 0.05) is 6.42 Å². The predicted octanol–water partition coefficient (Wildman–Crippen LogP) is 1.95. The van der Waals surface area contributed by atoms with E-state index in [1.807, 2.05) is 0 Å². The number of aliphatic hydroxyl groups excluding tert-OH is 1.